The van der Waals surface area contributed by atoms with Crippen LogP contribution in [0, 0.1) is 0 Å². The Kier molecular flexibility index (Phi) is 6.92. The highest BCUT2D eigenvalue weighted by Crippen LogP contribution is 2.26. The fourth-order valence-corrected chi connectivity index (χ4v) is 3.61. The van der Waals surface area contributed by atoms with Gasteiger partial charge in [-0.1, -0.05) is 34.6 Å². The zero-order chi connectivity index (χ0) is 13.5. The second-order valence-corrected chi connectivity index (χ2v) is 7.19. The van der Waals surface area contributed by atoms with E-state index < -0.39 is 0 Å². The highest BCUT2D eigenvalue weighted by Gasteiger charge is 2.09. The second kappa shape index (κ2) is 7.94. The van der Waals surface area contributed by atoms with Crippen LogP contribution in [-0.2, 0) is 13.2 Å². The standard InChI is InChI=1S/C13H21NO2S2/c1-10(18-17-3)7-14(2)13-5-11(8-15)4-12(6-13)9-16/h4-6,10,15-16H,7-9H2,1-3H3. The maximum atomic E-state index is 9.22. The third-order valence-electron chi connectivity index (χ3n) is 2.63. The Labute approximate surface area is 117 Å². The highest BCUT2D eigenvalue weighted by atomic mass is 33.1. The van der Waals surface area contributed by atoms with Gasteiger partial charge in [-0.05, 0) is 29.5 Å². The normalized spacial score (nSPS) is 12.5. The van der Waals surface area contributed by atoms with Gasteiger partial charge in [-0.15, -0.1) is 0 Å². The van der Waals surface area contributed by atoms with Crippen molar-refractivity contribution in [3.8, 4) is 0 Å². The van der Waals surface area contributed by atoms with Crippen molar-refractivity contribution in [2.24, 2.45) is 0 Å². The van der Waals surface area contributed by atoms with Crippen LogP contribution < -0.4 is 4.90 Å². The van der Waals surface area contributed by atoms with Gasteiger partial charge in [0.25, 0.3) is 0 Å². The highest BCUT2D eigenvalue weighted by molar-refractivity contribution is 8.76. The summed E-state index contributed by atoms with van der Waals surface area (Å²) in [6.45, 7) is 3.14. The van der Waals surface area contributed by atoms with Gasteiger partial charge in [-0.3, -0.25) is 0 Å². The van der Waals surface area contributed by atoms with Crippen molar-refractivity contribution in [3.63, 3.8) is 0 Å². The number of aliphatic hydroxyl groups excluding tert-OH is 2. The molecular formula is C13H21NO2S2. The molecule has 18 heavy (non-hydrogen) atoms. The van der Waals surface area contributed by atoms with E-state index in [2.05, 4.69) is 18.1 Å². The molecule has 1 aromatic carbocycles. The van der Waals surface area contributed by atoms with E-state index in [0.717, 1.165) is 23.4 Å². The van der Waals surface area contributed by atoms with Gasteiger partial charge in [-0.25, -0.2) is 0 Å². The van der Waals surface area contributed by atoms with Crippen LogP contribution in [0.3, 0.4) is 0 Å². The molecule has 102 valence electrons. The van der Waals surface area contributed by atoms with Crippen molar-refractivity contribution in [2.45, 2.75) is 25.4 Å². The van der Waals surface area contributed by atoms with Crippen molar-refractivity contribution in [3.05, 3.63) is 29.3 Å². The molecule has 0 aliphatic heterocycles. The first-order chi connectivity index (χ1) is 8.60. The maximum Gasteiger partial charge on any atom is 0.0682 e. The lowest BCUT2D eigenvalue weighted by atomic mass is 10.1. The fourth-order valence-electron chi connectivity index (χ4n) is 1.83. The molecule has 0 fully saturated rings. The first-order valence-electron chi connectivity index (χ1n) is 5.85. The molecular weight excluding hydrogens is 266 g/mol. The number of hydrogen-bond donors (Lipinski definition) is 2. The van der Waals surface area contributed by atoms with Crippen LogP contribution in [0.2, 0.25) is 0 Å². The van der Waals surface area contributed by atoms with E-state index in [4.69, 9.17) is 0 Å². The molecule has 0 saturated carbocycles. The van der Waals surface area contributed by atoms with E-state index >= 15 is 0 Å². The summed E-state index contributed by atoms with van der Waals surface area (Å²) in [6.07, 6.45) is 2.08. The van der Waals surface area contributed by atoms with Crippen LogP contribution in [0.1, 0.15) is 18.1 Å². The molecule has 5 heteroatoms. The Balaban J connectivity index is 2.80. The van der Waals surface area contributed by atoms with Crippen LogP contribution in [0.25, 0.3) is 0 Å². The first kappa shape index (κ1) is 15.7. The summed E-state index contributed by atoms with van der Waals surface area (Å²) < 4.78 is 0. The smallest absolute Gasteiger partial charge is 0.0682 e. The minimum atomic E-state index is 0.00377. The predicted octanol–water partition coefficient (Wildman–Crippen LogP) is 2.51. The van der Waals surface area contributed by atoms with Gasteiger partial charge in [0.1, 0.15) is 0 Å². The zero-order valence-corrected chi connectivity index (χ0v) is 12.7. The number of benzene rings is 1. The summed E-state index contributed by atoms with van der Waals surface area (Å²) >= 11 is 0. The van der Waals surface area contributed by atoms with Gasteiger partial charge >= 0.3 is 0 Å². The van der Waals surface area contributed by atoms with Crippen molar-refractivity contribution in [1.29, 1.82) is 0 Å². The Morgan fingerprint density at radius 3 is 2.17 bits per heavy atom. The Bertz CT molecular complexity index is 352. The lowest BCUT2D eigenvalue weighted by Gasteiger charge is -2.23. The van der Waals surface area contributed by atoms with Crippen LogP contribution >= 0.6 is 21.6 Å². The topological polar surface area (TPSA) is 43.7 Å². The second-order valence-electron chi connectivity index (χ2n) is 4.28. The minimum absolute atomic E-state index is 0.00377. The molecule has 0 aromatic heterocycles. The first-order valence-corrected chi connectivity index (χ1v) is 8.48. The summed E-state index contributed by atoms with van der Waals surface area (Å²) in [5.74, 6) is 0. The van der Waals surface area contributed by atoms with Crippen molar-refractivity contribution in [2.75, 3.05) is 24.7 Å². The van der Waals surface area contributed by atoms with Crippen LogP contribution in [-0.4, -0.2) is 35.3 Å². The fraction of sp³-hybridized carbons (Fsp3) is 0.538. The van der Waals surface area contributed by atoms with Gasteiger partial charge in [0.2, 0.25) is 0 Å². The number of rotatable bonds is 7. The third kappa shape index (κ3) is 4.72. The van der Waals surface area contributed by atoms with Crippen LogP contribution in [0.5, 0.6) is 0 Å². The van der Waals surface area contributed by atoms with Crippen LogP contribution in [0.15, 0.2) is 18.2 Å². The molecule has 0 radical (unpaired) electrons. The number of nitrogens with zero attached hydrogens (tertiary/aromatic N) is 1. The van der Waals surface area contributed by atoms with Crippen molar-refractivity contribution < 1.29 is 10.2 Å². The zero-order valence-electron chi connectivity index (χ0n) is 11.1. The summed E-state index contributed by atoms with van der Waals surface area (Å²) in [5, 5.41) is 19.0. The summed E-state index contributed by atoms with van der Waals surface area (Å²) in [4.78, 5) is 2.16. The number of anilines is 1. The summed E-state index contributed by atoms with van der Waals surface area (Å²) in [7, 11) is 5.66. The third-order valence-corrected chi connectivity index (χ3v) is 4.87. The Hall–Kier alpha value is -0.360. The number of aliphatic hydroxyl groups is 2. The summed E-state index contributed by atoms with van der Waals surface area (Å²) in [6, 6.07) is 5.77. The monoisotopic (exact) mass is 287 g/mol. The molecule has 0 amide bonds. The van der Waals surface area contributed by atoms with E-state index in [9.17, 15) is 10.2 Å². The quantitative estimate of drug-likeness (QED) is 0.754. The Morgan fingerprint density at radius 2 is 1.72 bits per heavy atom. The molecule has 0 aliphatic rings. The van der Waals surface area contributed by atoms with Crippen molar-refractivity contribution >= 4 is 27.3 Å². The van der Waals surface area contributed by atoms with E-state index in [0.29, 0.717) is 5.25 Å². The van der Waals surface area contributed by atoms with Crippen molar-refractivity contribution in [1.82, 2.24) is 0 Å². The largest absolute Gasteiger partial charge is 0.392 e. The molecule has 1 aromatic rings. The average molecular weight is 287 g/mol. The maximum absolute atomic E-state index is 9.22. The molecule has 0 saturated heterocycles. The molecule has 0 spiro atoms. The van der Waals surface area contributed by atoms with Gasteiger partial charge < -0.3 is 15.1 Å². The molecule has 0 aliphatic carbocycles. The molecule has 3 nitrogen and oxygen atoms in total. The SMILES string of the molecule is CSSC(C)CN(C)c1cc(CO)cc(CO)c1. The molecule has 0 heterocycles. The summed E-state index contributed by atoms with van der Waals surface area (Å²) in [5.41, 5.74) is 2.72. The lowest BCUT2D eigenvalue weighted by Crippen LogP contribution is -2.25. The van der Waals surface area contributed by atoms with Gasteiger partial charge in [0, 0.05) is 24.5 Å². The van der Waals surface area contributed by atoms with E-state index in [1.54, 1.807) is 10.8 Å². The number of hydrogen-bond acceptors (Lipinski definition) is 5. The van der Waals surface area contributed by atoms with Crippen LogP contribution in [0.4, 0.5) is 5.69 Å². The lowest BCUT2D eigenvalue weighted by molar-refractivity contribution is 0.275. The molecule has 0 bridgehead atoms. The predicted molar refractivity (Wildman–Crippen MR) is 82.1 cm³/mol. The van der Waals surface area contributed by atoms with E-state index in [1.807, 2.05) is 36.0 Å². The molecule has 2 N–H and O–H groups in total. The van der Waals surface area contributed by atoms with Gasteiger partial charge in [0.15, 0.2) is 0 Å². The molecule has 1 atom stereocenters. The minimum Gasteiger partial charge on any atom is -0.392 e. The molecule has 1 rings (SSSR count). The van der Waals surface area contributed by atoms with Gasteiger partial charge in [-0.2, -0.15) is 0 Å². The Morgan fingerprint density at radius 1 is 1.17 bits per heavy atom. The van der Waals surface area contributed by atoms with Gasteiger partial charge in [0.05, 0.1) is 13.2 Å². The van der Waals surface area contributed by atoms with E-state index in [-0.39, 0.29) is 13.2 Å². The molecule has 1 unspecified atom stereocenters. The average Bonchev–Trinajstić information content (AvgIpc) is 2.38. The van der Waals surface area contributed by atoms with E-state index in [1.165, 1.54) is 0 Å².